The predicted octanol–water partition coefficient (Wildman–Crippen LogP) is 5.34. The Bertz CT molecular complexity index is 1090. The van der Waals surface area contributed by atoms with Gasteiger partial charge in [0, 0.05) is 16.1 Å². The van der Waals surface area contributed by atoms with Crippen molar-refractivity contribution in [2.24, 2.45) is 5.10 Å². The second-order valence-electron chi connectivity index (χ2n) is 5.81. The fraction of sp³-hybridized carbons (Fsp3) is 0.105. The van der Waals surface area contributed by atoms with Crippen LogP contribution < -0.4 is 15.9 Å². The lowest BCUT2D eigenvalue weighted by atomic mass is 10.2. The van der Waals surface area contributed by atoms with Crippen molar-refractivity contribution in [3.63, 3.8) is 0 Å². The van der Waals surface area contributed by atoms with Crippen molar-refractivity contribution in [1.29, 1.82) is 0 Å². The van der Waals surface area contributed by atoms with Gasteiger partial charge in [0.25, 0.3) is 5.91 Å². The van der Waals surface area contributed by atoms with Gasteiger partial charge in [0.05, 0.1) is 22.0 Å². The first-order chi connectivity index (χ1) is 13.9. The standard InChI is InChI=1S/C19H15Cl3N4O2S/c1-10-17(29-19(23)25-10)18(27)26-24-8-11-4-2-3-5-15(11)28-9-12-13(20)6-7-14(21)16(12)22/h2-8H,9H2,1H3,(H2,23,25)(H,26,27)/b24-8+. The Labute approximate surface area is 186 Å². The molecule has 0 aliphatic rings. The van der Waals surface area contributed by atoms with E-state index in [1.54, 1.807) is 31.2 Å². The van der Waals surface area contributed by atoms with E-state index in [0.29, 0.717) is 47.6 Å². The average Bonchev–Trinajstić information content (AvgIpc) is 3.04. The zero-order valence-corrected chi connectivity index (χ0v) is 18.2. The highest BCUT2D eigenvalue weighted by atomic mass is 35.5. The second kappa shape index (κ2) is 9.45. The lowest BCUT2D eigenvalue weighted by molar-refractivity contribution is 0.0958. The predicted molar refractivity (Wildman–Crippen MR) is 119 cm³/mol. The van der Waals surface area contributed by atoms with E-state index in [2.05, 4.69) is 15.5 Å². The van der Waals surface area contributed by atoms with E-state index in [-0.39, 0.29) is 12.5 Å². The Morgan fingerprint density at radius 2 is 1.97 bits per heavy atom. The maximum Gasteiger partial charge on any atom is 0.283 e. The van der Waals surface area contributed by atoms with Crippen LogP contribution in [0.5, 0.6) is 5.75 Å². The molecule has 0 fully saturated rings. The van der Waals surface area contributed by atoms with Crippen LogP contribution in [0.3, 0.4) is 0 Å². The fourth-order valence-electron chi connectivity index (χ4n) is 2.41. The number of aryl methyl sites for hydroxylation is 1. The van der Waals surface area contributed by atoms with Crippen molar-refractivity contribution in [3.05, 3.63) is 73.2 Å². The number of hydrazone groups is 1. The lowest BCUT2D eigenvalue weighted by Crippen LogP contribution is -2.17. The summed E-state index contributed by atoms with van der Waals surface area (Å²) in [4.78, 5) is 16.6. The van der Waals surface area contributed by atoms with Gasteiger partial charge in [0.1, 0.15) is 17.2 Å². The third-order valence-corrected chi connectivity index (χ3v) is 6.00. The molecule has 1 aromatic heterocycles. The molecule has 0 unspecified atom stereocenters. The molecule has 150 valence electrons. The van der Waals surface area contributed by atoms with E-state index in [4.69, 9.17) is 45.3 Å². The first kappa shape index (κ1) is 21.4. The molecule has 3 aromatic rings. The number of thiazole rings is 1. The molecule has 1 amide bonds. The number of para-hydroxylation sites is 1. The summed E-state index contributed by atoms with van der Waals surface area (Å²) >= 11 is 19.5. The van der Waals surface area contributed by atoms with Crippen molar-refractivity contribution in [2.45, 2.75) is 13.5 Å². The van der Waals surface area contributed by atoms with Crippen molar-refractivity contribution >= 4 is 63.4 Å². The van der Waals surface area contributed by atoms with Crippen molar-refractivity contribution < 1.29 is 9.53 Å². The Kier molecular flexibility index (Phi) is 6.97. The highest BCUT2D eigenvalue weighted by molar-refractivity contribution is 7.17. The van der Waals surface area contributed by atoms with Crippen molar-refractivity contribution in [3.8, 4) is 5.75 Å². The summed E-state index contributed by atoms with van der Waals surface area (Å²) in [5.41, 5.74) is 9.87. The molecule has 10 heteroatoms. The van der Waals surface area contributed by atoms with Gasteiger partial charge in [-0.05, 0) is 31.2 Å². The highest BCUT2D eigenvalue weighted by Crippen LogP contribution is 2.32. The minimum atomic E-state index is -0.385. The summed E-state index contributed by atoms with van der Waals surface area (Å²) in [5, 5.41) is 5.52. The molecule has 0 saturated heterocycles. The number of nitrogens with one attached hydrogen (secondary N) is 1. The number of anilines is 1. The van der Waals surface area contributed by atoms with Crippen LogP contribution in [0.25, 0.3) is 0 Å². The van der Waals surface area contributed by atoms with Crippen LogP contribution in [0, 0.1) is 6.92 Å². The molecule has 0 spiro atoms. The summed E-state index contributed by atoms with van der Waals surface area (Å²) in [6.45, 7) is 1.83. The molecule has 0 radical (unpaired) electrons. The smallest absolute Gasteiger partial charge is 0.283 e. The van der Waals surface area contributed by atoms with Gasteiger partial charge >= 0.3 is 0 Å². The van der Waals surface area contributed by atoms with Crippen LogP contribution in [0.2, 0.25) is 15.1 Å². The van der Waals surface area contributed by atoms with Crippen LogP contribution in [0.1, 0.15) is 26.5 Å². The SMILES string of the molecule is Cc1nc(N)sc1C(=O)N/N=C/c1ccccc1OCc1c(Cl)ccc(Cl)c1Cl. The summed E-state index contributed by atoms with van der Waals surface area (Å²) in [5.74, 6) is 0.152. The number of nitrogen functional groups attached to an aromatic ring is 1. The maximum atomic E-state index is 12.2. The quantitative estimate of drug-likeness (QED) is 0.290. The van der Waals surface area contributed by atoms with Crippen LogP contribution in [0.15, 0.2) is 41.5 Å². The van der Waals surface area contributed by atoms with E-state index < -0.39 is 0 Å². The Hall–Kier alpha value is -2.32. The topological polar surface area (TPSA) is 89.6 Å². The van der Waals surface area contributed by atoms with E-state index >= 15 is 0 Å². The number of hydrogen-bond donors (Lipinski definition) is 2. The number of nitrogens with two attached hydrogens (primary N) is 1. The summed E-state index contributed by atoms with van der Waals surface area (Å²) in [6, 6.07) is 10.5. The molecular weight excluding hydrogens is 455 g/mol. The first-order valence-corrected chi connectivity index (χ1v) is 10.2. The second-order valence-corrected chi connectivity index (χ2v) is 8.04. The number of amides is 1. The van der Waals surface area contributed by atoms with Crippen LogP contribution in [-0.4, -0.2) is 17.1 Å². The molecular formula is C19H15Cl3N4O2S. The molecule has 0 aliphatic heterocycles. The number of rotatable bonds is 6. The molecule has 0 atom stereocenters. The largest absolute Gasteiger partial charge is 0.488 e. The summed E-state index contributed by atoms with van der Waals surface area (Å²) in [7, 11) is 0. The van der Waals surface area contributed by atoms with E-state index in [1.165, 1.54) is 6.21 Å². The van der Waals surface area contributed by atoms with Gasteiger partial charge in [0.2, 0.25) is 0 Å². The third-order valence-electron chi connectivity index (χ3n) is 3.82. The van der Waals surface area contributed by atoms with Gasteiger partial charge in [-0.15, -0.1) is 0 Å². The molecule has 3 N–H and O–H groups in total. The van der Waals surface area contributed by atoms with Gasteiger partial charge in [-0.2, -0.15) is 5.10 Å². The Balaban J connectivity index is 1.71. The van der Waals surface area contributed by atoms with Gasteiger partial charge in [-0.25, -0.2) is 10.4 Å². The number of halogens is 3. The van der Waals surface area contributed by atoms with Crippen LogP contribution in [-0.2, 0) is 6.61 Å². The van der Waals surface area contributed by atoms with E-state index in [0.717, 1.165) is 11.3 Å². The van der Waals surface area contributed by atoms with Crippen molar-refractivity contribution in [1.82, 2.24) is 10.4 Å². The number of ether oxygens (including phenoxy) is 1. The fourth-order valence-corrected chi connectivity index (χ4v) is 3.79. The average molecular weight is 470 g/mol. The molecule has 0 aliphatic carbocycles. The number of aromatic nitrogens is 1. The molecule has 29 heavy (non-hydrogen) atoms. The highest BCUT2D eigenvalue weighted by Gasteiger charge is 2.14. The zero-order valence-electron chi connectivity index (χ0n) is 15.1. The van der Waals surface area contributed by atoms with Gasteiger partial charge in [-0.3, -0.25) is 4.79 Å². The van der Waals surface area contributed by atoms with Gasteiger partial charge < -0.3 is 10.5 Å². The number of hydrogen-bond acceptors (Lipinski definition) is 6. The minimum Gasteiger partial charge on any atom is -0.488 e. The molecule has 6 nitrogen and oxygen atoms in total. The third kappa shape index (κ3) is 5.19. The zero-order chi connectivity index (χ0) is 21.0. The lowest BCUT2D eigenvalue weighted by Gasteiger charge is -2.12. The van der Waals surface area contributed by atoms with E-state index in [1.807, 2.05) is 12.1 Å². The van der Waals surface area contributed by atoms with Gasteiger partial charge in [-0.1, -0.05) is 58.3 Å². The normalized spacial score (nSPS) is 11.0. The summed E-state index contributed by atoms with van der Waals surface area (Å²) in [6.07, 6.45) is 1.48. The maximum absolute atomic E-state index is 12.2. The van der Waals surface area contributed by atoms with Crippen LogP contribution >= 0.6 is 46.1 Å². The van der Waals surface area contributed by atoms with Gasteiger partial charge in [0.15, 0.2) is 5.13 Å². The number of benzene rings is 2. The Morgan fingerprint density at radius 1 is 1.24 bits per heavy atom. The van der Waals surface area contributed by atoms with Crippen molar-refractivity contribution in [2.75, 3.05) is 5.73 Å². The Morgan fingerprint density at radius 3 is 2.69 bits per heavy atom. The number of carbonyl (C=O) groups excluding carboxylic acids is 1. The molecule has 2 aromatic carbocycles. The molecule has 0 bridgehead atoms. The number of nitrogens with zero attached hydrogens (tertiary/aromatic N) is 2. The van der Waals surface area contributed by atoms with Crippen LogP contribution in [0.4, 0.5) is 5.13 Å². The summed E-state index contributed by atoms with van der Waals surface area (Å²) < 4.78 is 5.85. The molecule has 3 rings (SSSR count). The molecule has 1 heterocycles. The number of carbonyl (C=O) groups is 1. The minimum absolute atomic E-state index is 0.120. The monoisotopic (exact) mass is 468 g/mol. The first-order valence-electron chi connectivity index (χ1n) is 8.27. The molecule has 0 saturated carbocycles. The van der Waals surface area contributed by atoms with E-state index in [9.17, 15) is 4.79 Å².